The Labute approximate surface area is 234 Å². The van der Waals surface area contributed by atoms with Crippen LogP contribution in [0.4, 0.5) is 5.69 Å². The maximum absolute atomic E-state index is 12.1. The molecule has 4 atom stereocenters. The van der Waals surface area contributed by atoms with Gasteiger partial charge >= 0.3 is 0 Å². The number of hydrogen-bond donors (Lipinski definition) is 2. The molecule has 0 aliphatic carbocycles. The Morgan fingerprint density at radius 3 is 2.48 bits per heavy atom. The summed E-state index contributed by atoms with van der Waals surface area (Å²) in [7, 11) is 0. The molecule has 40 heavy (non-hydrogen) atoms. The van der Waals surface area contributed by atoms with Crippen molar-refractivity contribution in [2.75, 3.05) is 37.8 Å². The number of nitrogens with two attached hydrogens (primary N) is 1. The molecule has 4 fully saturated rings. The SMILES string of the molecule is NC(=O)c1ccc2c(c1)c(-c1ccc(N3C4CCC3CC(O)C4)cc1)nn2CC1CCCOC1N1CCOCC1. The molecule has 4 saturated heterocycles. The number of aromatic nitrogens is 2. The molecule has 0 radical (unpaired) electrons. The van der Waals surface area contributed by atoms with E-state index in [0.29, 0.717) is 23.6 Å². The molecule has 1 aromatic heterocycles. The highest BCUT2D eigenvalue weighted by atomic mass is 16.5. The minimum Gasteiger partial charge on any atom is -0.393 e. The number of nitrogens with zero attached hydrogens (tertiary/aromatic N) is 4. The van der Waals surface area contributed by atoms with Gasteiger partial charge in [-0.15, -0.1) is 0 Å². The van der Waals surface area contributed by atoms with E-state index in [9.17, 15) is 9.90 Å². The van der Waals surface area contributed by atoms with Crippen molar-refractivity contribution in [3.05, 3.63) is 48.0 Å². The predicted molar refractivity (Wildman–Crippen MR) is 153 cm³/mol. The van der Waals surface area contributed by atoms with E-state index in [1.165, 1.54) is 5.69 Å². The molecule has 0 spiro atoms. The molecule has 4 unspecified atom stereocenters. The first kappa shape index (κ1) is 26.0. The number of benzene rings is 2. The molecule has 9 nitrogen and oxygen atoms in total. The summed E-state index contributed by atoms with van der Waals surface area (Å²) in [6.45, 7) is 4.79. The van der Waals surface area contributed by atoms with Gasteiger partial charge in [0.1, 0.15) is 11.9 Å². The lowest BCUT2D eigenvalue weighted by atomic mass is 9.97. The molecular weight excluding hydrogens is 506 g/mol. The molecule has 212 valence electrons. The maximum atomic E-state index is 12.1. The average molecular weight is 546 g/mol. The second kappa shape index (κ2) is 10.8. The van der Waals surface area contributed by atoms with Crippen molar-refractivity contribution in [1.82, 2.24) is 14.7 Å². The summed E-state index contributed by atoms with van der Waals surface area (Å²) in [5.74, 6) is -0.127. The third-order valence-electron chi connectivity index (χ3n) is 9.41. The molecule has 1 amide bonds. The Kier molecular flexibility index (Phi) is 6.99. The Morgan fingerprint density at radius 1 is 1.00 bits per heavy atom. The van der Waals surface area contributed by atoms with Crippen LogP contribution >= 0.6 is 0 Å². The second-order valence-corrected chi connectivity index (χ2v) is 11.9. The van der Waals surface area contributed by atoms with Gasteiger partial charge in [-0.3, -0.25) is 14.4 Å². The summed E-state index contributed by atoms with van der Waals surface area (Å²) in [4.78, 5) is 17.0. The molecule has 2 bridgehead atoms. The smallest absolute Gasteiger partial charge is 0.248 e. The van der Waals surface area contributed by atoms with Gasteiger partial charge in [0, 0.05) is 66.4 Å². The highest BCUT2D eigenvalue weighted by Gasteiger charge is 2.40. The number of hydrogen-bond acceptors (Lipinski definition) is 7. The largest absolute Gasteiger partial charge is 0.393 e. The monoisotopic (exact) mass is 545 g/mol. The van der Waals surface area contributed by atoms with Crippen LogP contribution in [0.1, 0.15) is 48.9 Å². The van der Waals surface area contributed by atoms with Crippen LogP contribution < -0.4 is 10.6 Å². The topological polar surface area (TPSA) is 106 Å². The maximum Gasteiger partial charge on any atom is 0.248 e. The van der Waals surface area contributed by atoms with Crippen LogP contribution in [-0.2, 0) is 16.0 Å². The lowest BCUT2D eigenvalue weighted by Crippen LogP contribution is -2.50. The highest BCUT2D eigenvalue weighted by molar-refractivity contribution is 6.01. The lowest BCUT2D eigenvalue weighted by molar-refractivity contribution is -0.147. The van der Waals surface area contributed by atoms with Gasteiger partial charge in [0.15, 0.2) is 0 Å². The minimum absolute atomic E-state index is 0.0583. The van der Waals surface area contributed by atoms with Crippen molar-refractivity contribution in [3.63, 3.8) is 0 Å². The predicted octanol–water partition coefficient (Wildman–Crippen LogP) is 3.38. The number of primary amides is 1. The number of ether oxygens (including phenoxy) is 2. The van der Waals surface area contributed by atoms with Gasteiger partial charge < -0.3 is 25.2 Å². The van der Waals surface area contributed by atoms with Crippen LogP contribution in [-0.4, -0.2) is 83.0 Å². The summed E-state index contributed by atoms with van der Waals surface area (Å²) in [6, 6.07) is 15.1. The average Bonchev–Trinajstić information content (AvgIpc) is 3.47. The molecular formula is C31H39N5O4. The number of rotatable bonds is 6. The first-order valence-electron chi connectivity index (χ1n) is 14.9. The normalized spacial score (nSPS) is 29.2. The number of carbonyl (C=O) groups is 1. The fourth-order valence-electron chi connectivity index (χ4n) is 7.51. The van der Waals surface area contributed by atoms with Crippen LogP contribution in [0.3, 0.4) is 0 Å². The van der Waals surface area contributed by atoms with Crippen LogP contribution in [0.5, 0.6) is 0 Å². The second-order valence-electron chi connectivity index (χ2n) is 11.9. The molecule has 5 heterocycles. The summed E-state index contributed by atoms with van der Waals surface area (Å²) in [6.07, 6.45) is 5.98. The Balaban J connectivity index is 1.21. The molecule has 3 N–H and O–H groups in total. The highest BCUT2D eigenvalue weighted by Crippen LogP contribution is 2.40. The minimum atomic E-state index is -0.438. The molecule has 9 heteroatoms. The molecule has 2 aromatic carbocycles. The fourth-order valence-corrected chi connectivity index (χ4v) is 7.51. The van der Waals surface area contributed by atoms with Gasteiger partial charge in [-0.25, -0.2) is 0 Å². The number of aliphatic hydroxyl groups is 1. The van der Waals surface area contributed by atoms with Gasteiger partial charge in [-0.1, -0.05) is 12.1 Å². The number of amides is 1. The van der Waals surface area contributed by atoms with Gasteiger partial charge in [0.05, 0.1) is 24.8 Å². The number of fused-ring (bicyclic) bond motifs is 3. The van der Waals surface area contributed by atoms with Gasteiger partial charge in [-0.2, -0.15) is 5.10 Å². The molecule has 4 aliphatic rings. The van der Waals surface area contributed by atoms with E-state index < -0.39 is 5.91 Å². The van der Waals surface area contributed by atoms with E-state index in [2.05, 4.69) is 38.7 Å². The zero-order valence-electron chi connectivity index (χ0n) is 23.0. The molecule has 3 aromatic rings. The van der Waals surface area contributed by atoms with E-state index in [-0.39, 0.29) is 12.3 Å². The van der Waals surface area contributed by atoms with E-state index in [4.69, 9.17) is 20.3 Å². The van der Waals surface area contributed by atoms with E-state index >= 15 is 0 Å². The lowest BCUT2D eigenvalue weighted by Gasteiger charge is -2.41. The van der Waals surface area contributed by atoms with Crippen LogP contribution in [0.25, 0.3) is 22.2 Å². The number of piperidine rings is 1. The zero-order valence-corrected chi connectivity index (χ0v) is 23.0. The zero-order chi connectivity index (χ0) is 27.2. The van der Waals surface area contributed by atoms with E-state index in [1.807, 2.05) is 12.1 Å². The number of carbonyl (C=O) groups excluding carboxylic acids is 1. The van der Waals surface area contributed by atoms with Crippen LogP contribution in [0.15, 0.2) is 42.5 Å². The third-order valence-corrected chi connectivity index (χ3v) is 9.41. The van der Waals surface area contributed by atoms with Crippen LogP contribution in [0.2, 0.25) is 0 Å². The van der Waals surface area contributed by atoms with Gasteiger partial charge in [0.2, 0.25) is 5.91 Å². The summed E-state index contributed by atoms with van der Waals surface area (Å²) in [5.41, 5.74) is 10.2. The Bertz CT molecular complexity index is 1350. The van der Waals surface area contributed by atoms with Crippen LogP contribution in [0, 0.1) is 5.92 Å². The standard InChI is InChI=1S/C31H39N5O4/c32-30(38)21-5-10-28-27(16-21)29(20-3-6-23(7-4-20)36-24-8-9-25(36)18-26(37)17-24)33-35(28)19-22-2-1-13-40-31(22)34-11-14-39-15-12-34/h3-7,10,16,22,24-26,31,37H,1-2,8-9,11-15,17-19H2,(H2,32,38). The van der Waals surface area contributed by atoms with Crippen molar-refractivity contribution in [3.8, 4) is 11.3 Å². The summed E-state index contributed by atoms with van der Waals surface area (Å²) < 4.78 is 14.0. The number of anilines is 1. The first-order valence-corrected chi connectivity index (χ1v) is 14.9. The van der Waals surface area contributed by atoms with Crippen molar-refractivity contribution in [1.29, 1.82) is 0 Å². The summed E-state index contributed by atoms with van der Waals surface area (Å²) >= 11 is 0. The Morgan fingerprint density at radius 2 is 1.75 bits per heavy atom. The van der Waals surface area contributed by atoms with Gasteiger partial charge in [0.25, 0.3) is 0 Å². The Hall–Kier alpha value is -2.98. The molecule has 7 rings (SSSR count). The molecule has 4 aliphatic heterocycles. The quantitative estimate of drug-likeness (QED) is 0.489. The number of aliphatic hydroxyl groups excluding tert-OH is 1. The van der Waals surface area contributed by atoms with Crippen molar-refractivity contribution >= 4 is 22.5 Å². The van der Waals surface area contributed by atoms with Gasteiger partial charge in [-0.05, 0) is 68.9 Å². The molecule has 0 saturated carbocycles. The van der Waals surface area contributed by atoms with E-state index in [1.54, 1.807) is 6.07 Å². The van der Waals surface area contributed by atoms with Crippen molar-refractivity contribution < 1.29 is 19.4 Å². The first-order chi connectivity index (χ1) is 19.5. The van der Waals surface area contributed by atoms with Crippen molar-refractivity contribution in [2.24, 2.45) is 11.7 Å². The number of morpholine rings is 1. The van der Waals surface area contributed by atoms with Crippen molar-refractivity contribution in [2.45, 2.75) is 69.5 Å². The van der Waals surface area contributed by atoms with E-state index in [0.717, 1.165) is 100 Å². The summed E-state index contributed by atoms with van der Waals surface area (Å²) in [5, 5.41) is 16.3. The fraction of sp³-hybridized carbons (Fsp3) is 0.548. The third kappa shape index (κ3) is 4.79.